The molecule has 5 heteroatoms. The third kappa shape index (κ3) is 5.35. The van der Waals surface area contributed by atoms with Gasteiger partial charge in [-0.25, -0.2) is 4.98 Å². The summed E-state index contributed by atoms with van der Waals surface area (Å²) in [5.41, 5.74) is 7.10. The molecule has 1 aliphatic carbocycles. The first-order valence-corrected chi connectivity index (χ1v) is 12.7. The number of H-pyrrole nitrogens is 1. The standard InChI is InChI=1S/C31H33N3O2/c1-4-5-21-6-8-23(9-7-21)28-19-33-30(34-28)25-14-17-27(32-18-25)22-12-15-26(16-13-22)36-20-31(2,3)29(35)24-10-11-24/h6-9,12-19,35H,4-5,10-11,20H2,1-3H3,(H,33,34). The minimum Gasteiger partial charge on any atom is -0.512 e. The SMILES string of the molecule is CCCc1ccc(-c2cnc(-c3ccc(-c4ccc(OCC(C)(C)C(O)=C5CC5)cc4)nc3)[nH]2)cc1. The van der Waals surface area contributed by atoms with Gasteiger partial charge in [0.2, 0.25) is 0 Å². The number of aromatic nitrogens is 3. The predicted molar refractivity (Wildman–Crippen MR) is 145 cm³/mol. The highest BCUT2D eigenvalue weighted by Crippen LogP contribution is 2.39. The van der Waals surface area contributed by atoms with Crippen molar-refractivity contribution in [3.8, 4) is 39.7 Å². The monoisotopic (exact) mass is 479 g/mol. The number of hydrogen-bond acceptors (Lipinski definition) is 4. The van der Waals surface area contributed by atoms with E-state index in [0.29, 0.717) is 12.4 Å². The molecule has 0 bridgehead atoms. The fourth-order valence-corrected chi connectivity index (χ4v) is 4.29. The zero-order valence-electron chi connectivity index (χ0n) is 21.2. The molecule has 2 aromatic carbocycles. The highest BCUT2D eigenvalue weighted by molar-refractivity contribution is 5.67. The van der Waals surface area contributed by atoms with Crippen LogP contribution in [0.1, 0.15) is 45.6 Å². The molecular weight excluding hydrogens is 446 g/mol. The molecule has 1 saturated carbocycles. The van der Waals surface area contributed by atoms with Crippen molar-refractivity contribution in [3.05, 3.63) is 90.0 Å². The lowest BCUT2D eigenvalue weighted by molar-refractivity contribution is 0.157. The molecule has 0 spiro atoms. The van der Waals surface area contributed by atoms with Gasteiger partial charge in [0.05, 0.1) is 23.0 Å². The number of pyridine rings is 1. The number of aliphatic hydroxyl groups is 1. The lowest BCUT2D eigenvalue weighted by atomic mass is 9.91. The fraction of sp³-hybridized carbons (Fsp3) is 0.290. The lowest BCUT2D eigenvalue weighted by Gasteiger charge is -2.24. The molecule has 0 unspecified atom stereocenters. The van der Waals surface area contributed by atoms with E-state index in [0.717, 1.165) is 70.9 Å². The van der Waals surface area contributed by atoms with E-state index < -0.39 is 0 Å². The minimum atomic E-state index is -0.383. The zero-order valence-corrected chi connectivity index (χ0v) is 21.2. The van der Waals surface area contributed by atoms with Gasteiger partial charge >= 0.3 is 0 Å². The minimum absolute atomic E-state index is 0.383. The average Bonchev–Trinajstić information content (AvgIpc) is 3.64. The van der Waals surface area contributed by atoms with Crippen molar-refractivity contribution in [2.24, 2.45) is 5.41 Å². The van der Waals surface area contributed by atoms with Gasteiger partial charge in [0.25, 0.3) is 0 Å². The van der Waals surface area contributed by atoms with Gasteiger partial charge in [0.1, 0.15) is 23.9 Å². The van der Waals surface area contributed by atoms with E-state index in [-0.39, 0.29) is 5.41 Å². The number of allylic oxidation sites excluding steroid dienone is 1. The number of nitrogens with one attached hydrogen (secondary N) is 1. The van der Waals surface area contributed by atoms with Gasteiger partial charge in [-0.3, -0.25) is 4.98 Å². The molecule has 4 aromatic rings. The van der Waals surface area contributed by atoms with Crippen molar-refractivity contribution in [2.75, 3.05) is 6.61 Å². The third-order valence-corrected chi connectivity index (χ3v) is 6.64. The molecule has 0 amide bonds. The molecule has 2 heterocycles. The van der Waals surface area contributed by atoms with Crippen molar-refractivity contribution in [3.63, 3.8) is 0 Å². The van der Waals surface area contributed by atoms with Gasteiger partial charge in [-0.15, -0.1) is 0 Å². The maximum Gasteiger partial charge on any atom is 0.139 e. The Morgan fingerprint density at radius 1 is 0.889 bits per heavy atom. The van der Waals surface area contributed by atoms with Crippen LogP contribution >= 0.6 is 0 Å². The summed E-state index contributed by atoms with van der Waals surface area (Å²) >= 11 is 0. The Hall–Kier alpha value is -3.86. The molecule has 0 atom stereocenters. The number of aromatic amines is 1. The Bertz CT molecular complexity index is 1340. The number of nitrogens with zero attached hydrogens (tertiary/aromatic N) is 2. The second kappa shape index (κ2) is 10.0. The number of hydrogen-bond donors (Lipinski definition) is 2. The molecule has 1 fully saturated rings. The fourth-order valence-electron chi connectivity index (χ4n) is 4.29. The lowest BCUT2D eigenvalue weighted by Crippen LogP contribution is -2.24. The summed E-state index contributed by atoms with van der Waals surface area (Å²) in [4.78, 5) is 12.7. The zero-order chi connectivity index (χ0) is 25.1. The Balaban J connectivity index is 1.23. The van der Waals surface area contributed by atoms with Crippen LogP contribution in [0.15, 0.2) is 84.4 Å². The number of ether oxygens (including phenoxy) is 1. The molecule has 0 saturated heterocycles. The highest BCUT2D eigenvalue weighted by Gasteiger charge is 2.31. The Kier molecular flexibility index (Phi) is 6.64. The van der Waals surface area contributed by atoms with E-state index >= 15 is 0 Å². The van der Waals surface area contributed by atoms with E-state index in [1.165, 1.54) is 5.56 Å². The van der Waals surface area contributed by atoms with E-state index in [4.69, 9.17) is 4.74 Å². The number of aliphatic hydroxyl groups excluding tert-OH is 1. The van der Waals surface area contributed by atoms with Crippen LogP contribution in [0, 0.1) is 5.41 Å². The average molecular weight is 480 g/mol. The molecule has 184 valence electrons. The van der Waals surface area contributed by atoms with Gasteiger partial charge in [-0.05, 0) is 86.2 Å². The third-order valence-electron chi connectivity index (χ3n) is 6.64. The number of benzene rings is 2. The molecular formula is C31H33N3O2. The first kappa shape index (κ1) is 23.9. The Morgan fingerprint density at radius 2 is 1.58 bits per heavy atom. The van der Waals surface area contributed by atoms with Crippen LogP contribution in [0.25, 0.3) is 33.9 Å². The summed E-state index contributed by atoms with van der Waals surface area (Å²) in [6.45, 7) is 6.65. The maximum atomic E-state index is 10.4. The first-order chi connectivity index (χ1) is 17.4. The molecule has 0 aliphatic heterocycles. The second-order valence-electron chi connectivity index (χ2n) is 10.2. The van der Waals surface area contributed by atoms with Crippen LogP contribution in [0.2, 0.25) is 0 Å². The largest absolute Gasteiger partial charge is 0.512 e. The number of rotatable bonds is 9. The molecule has 5 nitrogen and oxygen atoms in total. The van der Waals surface area contributed by atoms with Crippen LogP contribution in [-0.2, 0) is 6.42 Å². The quantitative estimate of drug-likeness (QED) is 0.241. The first-order valence-electron chi connectivity index (χ1n) is 12.7. The van der Waals surface area contributed by atoms with Crippen LogP contribution in [0.5, 0.6) is 5.75 Å². The molecule has 0 radical (unpaired) electrons. The molecule has 36 heavy (non-hydrogen) atoms. The number of imidazole rings is 1. The number of aryl methyl sites for hydroxylation is 1. The Morgan fingerprint density at radius 3 is 2.22 bits per heavy atom. The summed E-state index contributed by atoms with van der Waals surface area (Å²) in [7, 11) is 0. The molecule has 1 aliphatic rings. The van der Waals surface area contributed by atoms with Gasteiger partial charge in [0.15, 0.2) is 0 Å². The van der Waals surface area contributed by atoms with E-state index in [9.17, 15) is 5.11 Å². The second-order valence-corrected chi connectivity index (χ2v) is 10.2. The summed E-state index contributed by atoms with van der Waals surface area (Å²) in [6.07, 6.45) is 7.98. The summed E-state index contributed by atoms with van der Waals surface area (Å²) < 4.78 is 5.97. The van der Waals surface area contributed by atoms with Crippen LogP contribution in [0.3, 0.4) is 0 Å². The van der Waals surface area contributed by atoms with Crippen molar-refractivity contribution in [1.82, 2.24) is 15.0 Å². The van der Waals surface area contributed by atoms with Crippen molar-refractivity contribution < 1.29 is 9.84 Å². The molecule has 2 aromatic heterocycles. The predicted octanol–water partition coefficient (Wildman–Crippen LogP) is 7.77. The van der Waals surface area contributed by atoms with Gasteiger partial charge in [-0.2, -0.15) is 0 Å². The van der Waals surface area contributed by atoms with Gasteiger partial charge in [-0.1, -0.05) is 37.6 Å². The van der Waals surface area contributed by atoms with Crippen LogP contribution < -0.4 is 4.74 Å². The van der Waals surface area contributed by atoms with Crippen LogP contribution in [0.4, 0.5) is 0 Å². The van der Waals surface area contributed by atoms with Crippen molar-refractivity contribution in [1.29, 1.82) is 0 Å². The smallest absolute Gasteiger partial charge is 0.139 e. The van der Waals surface area contributed by atoms with Gasteiger partial charge in [0, 0.05) is 17.3 Å². The molecule has 5 rings (SSSR count). The molecule has 2 N–H and O–H groups in total. The van der Waals surface area contributed by atoms with Gasteiger partial charge < -0.3 is 14.8 Å². The Labute approximate surface area is 212 Å². The van der Waals surface area contributed by atoms with E-state index in [1.807, 2.05) is 62.6 Å². The van der Waals surface area contributed by atoms with Crippen molar-refractivity contribution >= 4 is 0 Å². The topological polar surface area (TPSA) is 71.0 Å². The van der Waals surface area contributed by atoms with Crippen molar-refractivity contribution in [2.45, 2.75) is 46.5 Å². The van der Waals surface area contributed by atoms with Crippen LogP contribution in [-0.4, -0.2) is 26.7 Å². The normalized spacial score (nSPS) is 13.0. The highest BCUT2D eigenvalue weighted by atomic mass is 16.5. The summed E-state index contributed by atoms with van der Waals surface area (Å²) in [5, 5.41) is 10.4. The summed E-state index contributed by atoms with van der Waals surface area (Å²) in [6, 6.07) is 20.6. The summed E-state index contributed by atoms with van der Waals surface area (Å²) in [5.74, 6) is 2.07. The maximum absolute atomic E-state index is 10.4. The van der Waals surface area contributed by atoms with E-state index in [2.05, 4.69) is 46.1 Å². The van der Waals surface area contributed by atoms with E-state index in [1.54, 1.807) is 0 Å².